The lowest BCUT2D eigenvalue weighted by molar-refractivity contribution is -0.143. The molecule has 0 fully saturated rings. The van der Waals surface area contributed by atoms with Crippen molar-refractivity contribution < 1.29 is 45.8 Å². The molecule has 1 amide bonds. The molecule has 0 radical (unpaired) electrons. The van der Waals surface area contributed by atoms with Crippen LogP contribution in [0.5, 0.6) is 5.75 Å². The van der Waals surface area contributed by atoms with Gasteiger partial charge in [0.05, 0.1) is 18.2 Å². The Bertz CT molecular complexity index is 890. The van der Waals surface area contributed by atoms with Crippen LogP contribution < -0.4 is 10.1 Å². The van der Waals surface area contributed by atoms with Crippen LogP contribution in [0.2, 0.25) is 0 Å². The molecule has 0 aliphatic carbocycles. The second-order valence-electron chi connectivity index (χ2n) is 6.21. The highest BCUT2D eigenvalue weighted by molar-refractivity contribution is 5.97. The van der Waals surface area contributed by atoms with Gasteiger partial charge in [0, 0.05) is 12.0 Å². The molecule has 2 N–H and O–H groups in total. The van der Waals surface area contributed by atoms with E-state index in [0.29, 0.717) is 11.3 Å². The summed E-state index contributed by atoms with van der Waals surface area (Å²) >= 11 is 0. The van der Waals surface area contributed by atoms with Crippen molar-refractivity contribution >= 4 is 11.9 Å². The summed E-state index contributed by atoms with van der Waals surface area (Å²) in [5.74, 6) is -2.41. The zero-order chi connectivity index (χ0) is 22.7. The summed E-state index contributed by atoms with van der Waals surface area (Å²) in [7, 11) is 1.42. The van der Waals surface area contributed by atoms with E-state index in [2.05, 4.69) is 0 Å². The molecule has 0 saturated heterocycles. The lowest BCUT2D eigenvalue weighted by Crippen LogP contribution is -2.42. The molecule has 2 aromatic rings. The molecule has 0 aromatic heterocycles. The van der Waals surface area contributed by atoms with Gasteiger partial charge >= 0.3 is 18.3 Å². The minimum absolute atomic E-state index is 0.122. The van der Waals surface area contributed by atoms with Crippen molar-refractivity contribution in [2.45, 2.75) is 24.8 Å². The summed E-state index contributed by atoms with van der Waals surface area (Å²) in [6, 6.07) is 4.82. The Balaban J connectivity index is 2.31. The van der Waals surface area contributed by atoms with Crippen molar-refractivity contribution in [1.82, 2.24) is 5.32 Å². The molecule has 0 aliphatic rings. The van der Waals surface area contributed by atoms with Gasteiger partial charge in [-0.25, -0.2) is 4.79 Å². The van der Waals surface area contributed by atoms with E-state index < -0.39 is 47.0 Å². The summed E-state index contributed by atoms with van der Waals surface area (Å²) in [6.45, 7) is 0. The Hall–Kier alpha value is -3.24. The van der Waals surface area contributed by atoms with Gasteiger partial charge in [-0.2, -0.15) is 26.3 Å². The van der Waals surface area contributed by atoms with E-state index in [1.807, 2.05) is 5.32 Å². The van der Waals surface area contributed by atoms with Crippen molar-refractivity contribution in [3.63, 3.8) is 0 Å². The number of carboxylic acid groups (broad SMARTS) is 1. The van der Waals surface area contributed by atoms with Crippen LogP contribution in [-0.2, 0) is 23.6 Å². The third-order valence-electron chi connectivity index (χ3n) is 4.05. The molecule has 162 valence electrons. The average molecular weight is 435 g/mol. The number of hydrogen-bond acceptors (Lipinski definition) is 3. The molecular formula is C19H15F6NO4. The van der Waals surface area contributed by atoms with E-state index in [-0.39, 0.29) is 24.6 Å². The number of benzene rings is 2. The second-order valence-corrected chi connectivity index (χ2v) is 6.21. The summed E-state index contributed by atoms with van der Waals surface area (Å²) in [5, 5.41) is 11.3. The predicted molar refractivity (Wildman–Crippen MR) is 92.0 cm³/mol. The lowest BCUT2D eigenvalue weighted by atomic mass is 10.0. The number of carbonyl (C=O) groups is 2. The normalized spacial score (nSPS) is 12.9. The Morgan fingerprint density at radius 2 is 1.47 bits per heavy atom. The second kappa shape index (κ2) is 8.64. The summed E-state index contributed by atoms with van der Waals surface area (Å²) in [4.78, 5) is 23.7. The number of carboxylic acids is 1. The van der Waals surface area contributed by atoms with E-state index in [9.17, 15) is 41.0 Å². The molecule has 0 heterocycles. The minimum atomic E-state index is -5.13. The SMILES string of the molecule is COc1ccc(C[C@@H](NC(=O)c2cc(C(F)(F)F)cc(C(F)(F)F)c2)C(=O)O)cc1. The molecule has 0 spiro atoms. The van der Waals surface area contributed by atoms with Gasteiger partial charge in [0.2, 0.25) is 0 Å². The molecule has 0 aliphatic heterocycles. The van der Waals surface area contributed by atoms with Gasteiger partial charge in [-0.3, -0.25) is 4.79 Å². The first-order chi connectivity index (χ1) is 13.8. The third-order valence-corrected chi connectivity index (χ3v) is 4.05. The number of halogens is 6. The molecule has 2 rings (SSSR count). The monoisotopic (exact) mass is 435 g/mol. The molecule has 11 heteroatoms. The average Bonchev–Trinajstić information content (AvgIpc) is 2.66. The van der Waals surface area contributed by atoms with Crippen molar-refractivity contribution in [3.05, 3.63) is 64.7 Å². The summed E-state index contributed by atoms with van der Waals surface area (Å²) in [6.07, 6.45) is -10.5. The van der Waals surface area contributed by atoms with E-state index in [1.165, 1.54) is 31.4 Å². The van der Waals surface area contributed by atoms with Crippen molar-refractivity contribution in [2.75, 3.05) is 7.11 Å². The molecule has 2 aromatic carbocycles. The molecule has 30 heavy (non-hydrogen) atoms. The number of ether oxygens (including phenoxy) is 1. The topological polar surface area (TPSA) is 75.6 Å². The highest BCUT2D eigenvalue weighted by Gasteiger charge is 2.37. The van der Waals surface area contributed by atoms with Crippen LogP contribution in [0.3, 0.4) is 0 Å². The number of amides is 1. The van der Waals surface area contributed by atoms with Gasteiger partial charge in [0.15, 0.2) is 0 Å². The van der Waals surface area contributed by atoms with Gasteiger partial charge in [-0.05, 0) is 35.9 Å². The van der Waals surface area contributed by atoms with Gasteiger partial charge in [0.1, 0.15) is 11.8 Å². The number of alkyl halides is 6. The number of hydrogen-bond donors (Lipinski definition) is 2. The molecule has 0 saturated carbocycles. The third kappa shape index (κ3) is 5.88. The minimum Gasteiger partial charge on any atom is -0.497 e. The van der Waals surface area contributed by atoms with Crippen LogP contribution in [-0.4, -0.2) is 30.1 Å². The maximum absolute atomic E-state index is 12.9. The Kier molecular flexibility index (Phi) is 6.63. The zero-order valence-corrected chi connectivity index (χ0v) is 15.3. The van der Waals surface area contributed by atoms with Crippen LogP contribution in [0.25, 0.3) is 0 Å². The molecule has 1 atom stereocenters. The quantitative estimate of drug-likeness (QED) is 0.669. The van der Waals surface area contributed by atoms with E-state index in [4.69, 9.17) is 4.74 Å². The first-order valence-corrected chi connectivity index (χ1v) is 8.27. The Morgan fingerprint density at radius 3 is 1.87 bits per heavy atom. The smallest absolute Gasteiger partial charge is 0.416 e. The van der Waals surface area contributed by atoms with Gasteiger partial charge in [-0.1, -0.05) is 12.1 Å². The number of methoxy groups -OCH3 is 1. The highest BCUT2D eigenvalue weighted by Crippen LogP contribution is 2.36. The number of aliphatic carboxylic acids is 1. The summed E-state index contributed by atoms with van der Waals surface area (Å²) in [5.41, 5.74) is -3.87. The van der Waals surface area contributed by atoms with Crippen LogP contribution in [0.4, 0.5) is 26.3 Å². The van der Waals surface area contributed by atoms with Crippen LogP contribution >= 0.6 is 0 Å². The molecule has 0 unspecified atom stereocenters. The predicted octanol–water partition coefficient (Wildman–Crippen LogP) is 4.16. The van der Waals surface area contributed by atoms with E-state index in [0.717, 1.165) is 0 Å². The van der Waals surface area contributed by atoms with Crippen LogP contribution in [0.15, 0.2) is 42.5 Å². The number of carbonyl (C=O) groups excluding carboxylic acids is 1. The molecule has 0 bridgehead atoms. The van der Waals surface area contributed by atoms with Gasteiger partial charge in [0.25, 0.3) is 5.91 Å². The van der Waals surface area contributed by atoms with Crippen molar-refractivity contribution in [1.29, 1.82) is 0 Å². The Labute approximate surface area is 166 Å². The number of nitrogens with one attached hydrogen (secondary N) is 1. The maximum Gasteiger partial charge on any atom is 0.416 e. The Morgan fingerprint density at radius 1 is 0.967 bits per heavy atom. The maximum atomic E-state index is 12.9. The van der Waals surface area contributed by atoms with Crippen LogP contribution in [0.1, 0.15) is 27.0 Å². The fourth-order valence-electron chi connectivity index (χ4n) is 2.52. The fraction of sp³-hybridized carbons (Fsp3) is 0.263. The largest absolute Gasteiger partial charge is 0.497 e. The van der Waals surface area contributed by atoms with Crippen LogP contribution in [0, 0.1) is 0 Å². The van der Waals surface area contributed by atoms with Gasteiger partial charge in [-0.15, -0.1) is 0 Å². The zero-order valence-electron chi connectivity index (χ0n) is 15.3. The standard InChI is InChI=1S/C19H15F6NO4/c1-30-14-4-2-10(3-5-14)6-15(17(28)29)26-16(27)11-7-12(18(20,21)22)9-13(8-11)19(23,24)25/h2-5,7-9,15H,6H2,1H3,(H,26,27)(H,28,29)/t15-/m1/s1. The summed E-state index contributed by atoms with van der Waals surface area (Å²) < 4.78 is 82.6. The van der Waals surface area contributed by atoms with Crippen molar-refractivity contribution in [3.8, 4) is 5.75 Å². The number of rotatable bonds is 6. The fourth-order valence-corrected chi connectivity index (χ4v) is 2.52. The van der Waals surface area contributed by atoms with Gasteiger partial charge < -0.3 is 15.2 Å². The first kappa shape index (κ1) is 23.0. The molecular weight excluding hydrogens is 420 g/mol. The highest BCUT2D eigenvalue weighted by atomic mass is 19.4. The van der Waals surface area contributed by atoms with E-state index in [1.54, 1.807) is 0 Å². The first-order valence-electron chi connectivity index (χ1n) is 8.27. The lowest BCUT2D eigenvalue weighted by Gasteiger charge is -2.17. The van der Waals surface area contributed by atoms with Crippen molar-refractivity contribution in [2.24, 2.45) is 0 Å². The molecule has 5 nitrogen and oxygen atoms in total. The van der Waals surface area contributed by atoms with E-state index >= 15 is 0 Å².